The van der Waals surface area contributed by atoms with Gasteiger partial charge in [-0.15, -0.1) is 16.9 Å². The van der Waals surface area contributed by atoms with Crippen molar-refractivity contribution in [3.05, 3.63) is 65.7 Å². The molecular weight excluding hydrogens is 452 g/mol. The van der Waals surface area contributed by atoms with Crippen molar-refractivity contribution in [2.24, 2.45) is 0 Å². The summed E-state index contributed by atoms with van der Waals surface area (Å²) in [6.45, 7) is 2.71. The molecule has 174 valence electrons. The van der Waals surface area contributed by atoms with Crippen LogP contribution in [0.3, 0.4) is 0 Å². The molecule has 0 spiro atoms. The van der Waals surface area contributed by atoms with E-state index in [1.54, 1.807) is 28.5 Å². The Morgan fingerprint density at radius 2 is 1.97 bits per heavy atom. The van der Waals surface area contributed by atoms with Crippen LogP contribution in [0.2, 0.25) is 0 Å². The lowest BCUT2D eigenvalue weighted by Crippen LogP contribution is -2.48. The van der Waals surface area contributed by atoms with Crippen molar-refractivity contribution < 1.29 is 14.4 Å². The summed E-state index contributed by atoms with van der Waals surface area (Å²) in [7, 11) is 1.71. The molecule has 10 heteroatoms. The van der Waals surface area contributed by atoms with E-state index in [4.69, 9.17) is 0 Å². The van der Waals surface area contributed by atoms with Crippen molar-refractivity contribution in [2.75, 3.05) is 29.1 Å². The van der Waals surface area contributed by atoms with Crippen LogP contribution in [0.25, 0.3) is 0 Å². The van der Waals surface area contributed by atoms with Crippen LogP contribution in [-0.4, -0.2) is 57.9 Å². The number of hydrogen-bond donors (Lipinski definition) is 1. The molecule has 0 unspecified atom stereocenters. The number of rotatable bonds is 4. The fourth-order valence-corrected chi connectivity index (χ4v) is 5.39. The lowest BCUT2D eigenvalue weighted by Gasteiger charge is -2.22. The maximum Gasteiger partial charge on any atom is 0.291 e. The fraction of sp³-hybridized carbons (Fsp3) is 0.292. The van der Waals surface area contributed by atoms with Gasteiger partial charge in [0, 0.05) is 36.9 Å². The van der Waals surface area contributed by atoms with Crippen LogP contribution >= 0.6 is 11.8 Å². The molecule has 3 aromatic rings. The Morgan fingerprint density at radius 1 is 1.18 bits per heavy atom. The molecule has 5 rings (SSSR count). The molecular formula is C24H24N6O3S. The maximum absolute atomic E-state index is 13.2. The molecule has 0 bridgehead atoms. The third kappa shape index (κ3) is 4.16. The summed E-state index contributed by atoms with van der Waals surface area (Å²) in [6, 6.07) is 13.0. The molecule has 0 saturated carbocycles. The van der Waals surface area contributed by atoms with Gasteiger partial charge >= 0.3 is 0 Å². The number of carbonyl (C=O) groups excluding carboxylic acids is 3. The Labute approximate surface area is 201 Å². The molecule has 0 radical (unpaired) electrons. The third-order valence-corrected chi connectivity index (χ3v) is 7.20. The monoisotopic (exact) mass is 476 g/mol. The van der Waals surface area contributed by atoms with Gasteiger partial charge in [-0.2, -0.15) is 0 Å². The normalized spacial score (nSPS) is 17.2. The second-order valence-corrected chi connectivity index (χ2v) is 9.42. The van der Waals surface area contributed by atoms with E-state index in [1.165, 1.54) is 18.1 Å². The number of amides is 3. The highest BCUT2D eigenvalue weighted by Crippen LogP contribution is 2.41. The number of benzene rings is 2. The number of carbonyl (C=O) groups is 3. The van der Waals surface area contributed by atoms with Crippen molar-refractivity contribution in [2.45, 2.75) is 30.8 Å². The van der Waals surface area contributed by atoms with Crippen molar-refractivity contribution in [1.29, 1.82) is 0 Å². The van der Waals surface area contributed by atoms with Crippen molar-refractivity contribution in [1.82, 2.24) is 20.1 Å². The number of nitrogens with zero attached hydrogens (tertiary/aromatic N) is 5. The lowest BCUT2D eigenvalue weighted by molar-refractivity contribution is -0.119. The van der Waals surface area contributed by atoms with Crippen molar-refractivity contribution in [3.8, 4) is 0 Å². The first-order valence-corrected chi connectivity index (χ1v) is 12.0. The van der Waals surface area contributed by atoms with Crippen LogP contribution in [-0.2, 0) is 22.6 Å². The van der Waals surface area contributed by atoms with Crippen LogP contribution in [0.4, 0.5) is 11.4 Å². The van der Waals surface area contributed by atoms with Gasteiger partial charge in [0.25, 0.3) is 5.91 Å². The Balaban J connectivity index is 1.30. The number of likely N-dealkylation sites (N-methyl/N-ethyl adjacent to an activating group) is 1. The van der Waals surface area contributed by atoms with E-state index in [0.717, 1.165) is 33.8 Å². The average Bonchev–Trinajstić information content (AvgIpc) is 3.45. The SMILES string of the molecule is CC(=O)N1CCc2cc3c(cc21)SC[C@H](NC(=O)c1ncn(Cc2ccccc2)n1)C(=O)N3C. The van der Waals surface area contributed by atoms with E-state index < -0.39 is 11.9 Å². The van der Waals surface area contributed by atoms with Gasteiger partial charge in [-0.1, -0.05) is 30.3 Å². The first-order valence-electron chi connectivity index (χ1n) is 11.0. The van der Waals surface area contributed by atoms with Crippen LogP contribution in [0.1, 0.15) is 28.7 Å². The Morgan fingerprint density at radius 3 is 2.74 bits per heavy atom. The zero-order chi connectivity index (χ0) is 23.8. The highest BCUT2D eigenvalue weighted by atomic mass is 32.2. The molecule has 0 saturated heterocycles. The van der Waals surface area contributed by atoms with Gasteiger partial charge in [0.1, 0.15) is 12.4 Å². The third-order valence-electron chi connectivity index (χ3n) is 6.06. The molecule has 34 heavy (non-hydrogen) atoms. The minimum absolute atomic E-state index is 0.00564. The molecule has 3 amide bonds. The largest absolute Gasteiger partial charge is 0.337 e. The summed E-state index contributed by atoms with van der Waals surface area (Å²) < 4.78 is 1.60. The highest BCUT2D eigenvalue weighted by Gasteiger charge is 2.33. The number of fused-ring (bicyclic) bond motifs is 2. The van der Waals surface area contributed by atoms with E-state index >= 15 is 0 Å². The summed E-state index contributed by atoms with van der Waals surface area (Å²) in [5.41, 5.74) is 3.78. The minimum atomic E-state index is -0.727. The van der Waals surface area contributed by atoms with Crippen molar-refractivity contribution in [3.63, 3.8) is 0 Å². The molecule has 0 fully saturated rings. The molecule has 3 heterocycles. The summed E-state index contributed by atoms with van der Waals surface area (Å²) >= 11 is 1.49. The number of thioether (sulfide) groups is 1. The first kappa shape index (κ1) is 22.1. The molecule has 0 aliphatic carbocycles. The smallest absolute Gasteiger partial charge is 0.291 e. The maximum atomic E-state index is 13.2. The van der Waals surface area contributed by atoms with Gasteiger partial charge in [0.15, 0.2) is 0 Å². The quantitative estimate of drug-likeness (QED) is 0.619. The predicted molar refractivity (Wildman–Crippen MR) is 129 cm³/mol. The van der Waals surface area contributed by atoms with Gasteiger partial charge in [-0.05, 0) is 29.7 Å². The zero-order valence-electron chi connectivity index (χ0n) is 18.9. The number of anilines is 2. The average molecular weight is 477 g/mol. The number of nitrogens with one attached hydrogen (secondary N) is 1. The van der Waals surface area contributed by atoms with Gasteiger partial charge in [-0.3, -0.25) is 14.4 Å². The topological polar surface area (TPSA) is 100 Å². The van der Waals surface area contributed by atoms with E-state index in [0.29, 0.717) is 18.8 Å². The number of hydrogen-bond acceptors (Lipinski definition) is 6. The van der Waals surface area contributed by atoms with Gasteiger partial charge < -0.3 is 15.1 Å². The molecule has 9 nitrogen and oxygen atoms in total. The van der Waals surface area contributed by atoms with Gasteiger partial charge in [0.05, 0.1) is 12.2 Å². The highest BCUT2D eigenvalue weighted by molar-refractivity contribution is 7.99. The van der Waals surface area contributed by atoms with Crippen LogP contribution in [0.15, 0.2) is 53.7 Å². The molecule has 2 aliphatic heterocycles. The summed E-state index contributed by atoms with van der Waals surface area (Å²) in [5, 5.41) is 7.07. The van der Waals surface area contributed by atoms with E-state index in [2.05, 4.69) is 15.4 Å². The van der Waals surface area contributed by atoms with Crippen molar-refractivity contribution >= 4 is 40.9 Å². The Bertz CT molecular complexity index is 1270. The molecule has 1 aromatic heterocycles. The van der Waals surface area contributed by atoms with Gasteiger partial charge in [0.2, 0.25) is 17.6 Å². The predicted octanol–water partition coefficient (Wildman–Crippen LogP) is 2.10. The van der Waals surface area contributed by atoms with Gasteiger partial charge in [-0.25, -0.2) is 9.67 Å². The summed E-state index contributed by atoms with van der Waals surface area (Å²) in [5.74, 6) is -0.300. The number of aromatic nitrogens is 3. The summed E-state index contributed by atoms with van der Waals surface area (Å²) in [4.78, 5) is 46.3. The fourth-order valence-electron chi connectivity index (χ4n) is 4.28. The van der Waals surface area contributed by atoms with Crippen LogP contribution < -0.4 is 15.1 Å². The van der Waals surface area contributed by atoms with E-state index in [1.807, 2.05) is 42.5 Å². The molecule has 1 N–H and O–H groups in total. The Hall–Kier alpha value is -3.66. The van der Waals surface area contributed by atoms with Crippen LogP contribution in [0.5, 0.6) is 0 Å². The lowest BCUT2D eigenvalue weighted by atomic mass is 10.1. The Kier molecular flexibility index (Phi) is 5.82. The second-order valence-electron chi connectivity index (χ2n) is 8.35. The second kappa shape index (κ2) is 8.94. The minimum Gasteiger partial charge on any atom is -0.337 e. The molecule has 2 aromatic carbocycles. The standard InChI is InChI=1S/C24H24N6O3S/c1-15(31)30-9-8-17-10-20-21(11-19(17)30)34-13-18(24(33)28(20)2)26-23(32)22-25-14-29(27-22)12-16-6-4-3-5-7-16/h3-7,10-11,14,18H,8-9,12-13H2,1-2H3,(H,26,32)/t18-/m0/s1. The van der Waals surface area contributed by atoms with Crippen LogP contribution in [0, 0.1) is 0 Å². The van der Waals surface area contributed by atoms with E-state index in [-0.39, 0.29) is 17.6 Å². The van der Waals surface area contributed by atoms with E-state index in [9.17, 15) is 14.4 Å². The summed E-state index contributed by atoms with van der Waals surface area (Å²) in [6.07, 6.45) is 2.27. The molecule has 2 aliphatic rings. The molecule has 1 atom stereocenters. The first-order chi connectivity index (χ1) is 16.4. The zero-order valence-corrected chi connectivity index (χ0v) is 19.7.